The fraction of sp³-hybridized carbons (Fsp3) is 0.550. The number of fused-ring (bicyclic) bond motifs is 1. The zero-order chi connectivity index (χ0) is 19.0. The summed E-state index contributed by atoms with van der Waals surface area (Å²) in [4.78, 5) is 19.5. The van der Waals surface area contributed by atoms with Gasteiger partial charge in [0, 0.05) is 19.0 Å². The molecule has 1 amide bonds. The van der Waals surface area contributed by atoms with Crippen molar-refractivity contribution in [1.29, 1.82) is 0 Å². The van der Waals surface area contributed by atoms with Crippen LogP contribution in [0.4, 0.5) is 4.39 Å². The average Bonchev–Trinajstić information content (AvgIpc) is 3.24. The summed E-state index contributed by atoms with van der Waals surface area (Å²) in [7, 11) is 0. The van der Waals surface area contributed by atoms with E-state index in [2.05, 4.69) is 15.4 Å². The lowest BCUT2D eigenvalue weighted by Gasteiger charge is -2.19. The molecule has 152 valence electrons. The molecular formula is C20H27ClFN5O. The normalized spacial score (nSPS) is 21.9. The highest BCUT2D eigenvalue weighted by Crippen LogP contribution is 2.28. The van der Waals surface area contributed by atoms with Crippen LogP contribution in [0.3, 0.4) is 0 Å². The molecule has 2 fully saturated rings. The minimum absolute atomic E-state index is 0. The van der Waals surface area contributed by atoms with E-state index in [0.29, 0.717) is 23.3 Å². The molecule has 1 aromatic carbocycles. The van der Waals surface area contributed by atoms with Crippen molar-refractivity contribution in [3.05, 3.63) is 41.7 Å². The molecule has 2 saturated heterocycles. The van der Waals surface area contributed by atoms with Crippen molar-refractivity contribution in [3.8, 4) is 5.69 Å². The number of benzene rings is 1. The van der Waals surface area contributed by atoms with Crippen molar-refractivity contribution in [2.45, 2.75) is 32.6 Å². The molecule has 2 aliphatic rings. The van der Waals surface area contributed by atoms with E-state index < -0.39 is 0 Å². The summed E-state index contributed by atoms with van der Waals surface area (Å²) in [6.45, 7) is 7.58. The number of rotatable bonds is 3. The Morgan fingerprint density at radius 2 is 1.89 bits per heavy atom. The number of nitrogens with zero attached hydrogens (tertiary/aromatic N) is 4. The molecule has 0 saturated carbocycles. The largest absolute Gasteiger partial charge is 0.336 e. The number of likely N-dealkylation sites (tertiary alicyclic amines) is 1. The van der Waals surface area contributed by atoms with E-state index in [1.54, 1.807) is 16.8 Å². The quantitative estimate of drug-likeness (QED) is 0.849. The van der Waals surface area contributed by atoms with Crippen molar-refractivity contribution >= 4 is 18.3 Å². The maximum atomic E-state index is 13.7. The molecule has 2 aliphatic heterocycles. The van der Waals surface area contributed by atoms with Crippen molar-refractivity contribution in [3.63, 3.8) is 0 Å². The second-order valence-corrected chi connectivity index (χ2v) is 7.89. The SMILES string of the molecule is CC(C)c1nc(C(=O)N2CC[C@@H]3CNC[C@@H]3CC2)nn1-c1cccc(F)c1.Cl. The second-order valence-electron chi connectivity index (χ2n) is 7.89. The molecule has 6 nitrogen and oxygen atoms in total. The summed E-state index contributed by atoms with van der Waals surface area (Å²) in [6, 6.07) is 6.22. The van der Waals surface area contributed by atoms with E-state index in [-0.39, 0.29) is 35.9 Å². The van der Waals surface area contributed by atoms with Crippen LogP contribution in [-0.4, -0.2) is 51.8 Å². The van der Waals surface area contributed by atoms with Crippen molar-refractivity contribution < 1.29 is 9.18 Å². The summed E-state index contributed by atoms with van der Waals surface area (Å²) in [5, 5.41) is 7.91. The highest BCUT2D eigenvalue weighted by molar-refractivity contribution is 5.90. The van der Waals surface area contributed by atoms with Gasteiger partial charge in [0.15, 0.2) is 0 Å². The minimum atomic E-state index is -0.335. The lowest BCUT2D eigenvalue weighted by molar-refractivity contribution is 0.0746. The van der Waals surface area contributed by atoms with Gasteiger partial charge in [-0.25, -0.2) is 14.1 Å². The Labute approximate surface area is 170 Å². The first kappa shape index (κ1) is 20.7. The van der Waals surface area contributed by atoms with E-state index in [4.69, 9.17) is 0 Å². The van der Waals surface area contributed by atoms with Crippen LogP contribution in [0.15, 0.2) is 24.3 Å². The van der Waals surface area contributed by atoms with Gasteiger partial charge in [-0.1, -0.05) is 19.9 Å². The van der Waals surface area contributed by atoms with Crippen molar-refractivity contribution in [2.24, 2.45) is 11.8 Å². The lowest BCUT2D eigenvalue weighted by atomic mass is 9.92. The standard InChI is InChI=1S/C20H26FN5O.ClH/c1-13(2)19-23-18(24-26(19)17-5-3-4-16(21)10-17)20(27)25-8-6-14-11-22-12-15(14)7-9-25;/h3-5,10,13-15,22H,6-9,11-12H2,1-2H3;1H/t14-,15+;. The monoisotopic (exact) mass is 407 g/mol. The maximum absolute atomic E-state index is 13.7. The van der Waals surface area contributed by atoms with Gasteiger partial charge < -0.3 is 10.2 Å². The molecular weight excluding hydrogens is 381 g/mol. The lowest BCUT2D eigenvalue weighted by Crippen LogP contribution is -2.33. The molecule has 2 atom stereocenters. The summed E-state index contributed by atoms with van der Waals surface area (Å²) in [5.74, 6) is 1.79. The number of hydrogen-bond donors (Lipinski definition) is 1. The van der Waals surface area contributed by atoms with Gasteiger partial charge in [-0.3, -0.25) is 4.79 Å². The van der Waals surface area contributed by atoms with Crippen LogP contribution in [0.1, 0.15) is 49.1 Å². The van der Waals surface area contributed by atoms with Crippen LogP contribution < -0.4 is 5.32 Å². The number of carbonyl (C=O) groups is 1. The maximum Gasteiger partial charge on any atom is 0.293 e. The fourth-order valence-corrected chi connectivity index (χ4v) is 4.15. The molecule has 8 heteroatoms. The molecule has 0 unspecified atom stereocenters. The van der Waals surface area contributed by atoms with Crippen LogP contribution >= 0.6 is 12.4 Å². The molecule has 0 aliphatic carbocycles. The number of hydrogen-bond acceptors (Lipinski definition) is 4. The summed E-state index contributed by atoms with van der Waals surface area (Å²) < 4.78 is 15.3. The Bertz CT molecular complexity index is 826. The molecule has 0 radical (unpaired) electrons. The Kier molecular flexibility index (Phi) is 6.35. The zero-order valence-corrected chi connectivity index (χ0v) is 17.1. The van der Waals surface area contributed by atoms with Gasteiger partial charge in [0.05, 0.1) is 5.69 Å². The first-order valence-corrected chi connectivity index (χ1v) is 9.76. The molecule has 3 heterocycles. The topological polar surface area (TPSA) is 63.1 Å². The van der Waals surface area contributed by atoms with Crippen LogP contribution in [-0.2, 0) is 0 Å². The predicted octanol–water partition coefficient (Wildman–Crippen LogP) is 3.02. The number of aromatic nitrogens is 3. The van der Waals surface area contributed by atoms with E-state index in [1.807, 2.05) is 18.7 Å². The Morgan fingerprint density at radius 3 is 2.50 bits per heavy atom. The van der Waals surface area contributed by atoms with Gasteiger partial charge in [0.2, 0.25) is 5.82 Å². The molecule has 4 rings (SSSR count). The van der Waals surface area contributed by atoms with E-state index >= 15 is 0 Å². The number of amides is 1. The third-order valence-electron chi connectivity index (χ3n) is 5.70. The Hall–Kier alpha value is -1.99. The van der Waals surface area contributed by atoms with Crippen LogP contribution in [0.2, 0.25) is 0 Å². The summed E-state index contributed by atoms with van der Waals surface area (Å²) in [5.41, 5.74) is 0.585. The molecule has 0 spiro atoms. The number of halogens is 2. The van der Waals surface area contributed by atoms with Gasteiger partial charge in [0.1, 0.15) is 11.6 Å². The number of nitrogens with one attached hydrogen (secondary N) is 1. The minimum Gasteiger partial charge on any atom is -0.336 e. The third-order valence-corrected chi connectivity index (χ3v) is 5.70. The van der Waals surface area contributed by atoms with Crippen molar-refractivity contribution in [1.82, 2.24) is 25.0 Å². The molecule has 1 N–H and O–H groups in total. The first-order chi connectivity index (χ1) is 13.0. The second kappa shape index (κ2) is 8.57. The van der Waals surface area contributed by atoms with E-state index in [9.17, 15) is 9.18 Å². The van der Waals surface area contributed by atoms with Gasteiger partial charge in [-0.15, -0.1) is 17.5 Å². The van der Waals surface area contributed by atoms with Gasteiger partial charge in [-0.2, -0.15) is 0 Å². The summed E-state index contributed by atoms with van der Waals surface area (Å²) >= 11 is 0. The first-order valence-electron chi connectivity index (χ1n) is 9.76. The van der Waals surface area contributed by atoms with Gasteiger partial charge in [0.25, 0.3) is 5.91 Å². The highest BCUT2D eigenvalue weighted by Gasteiger charge is 2.33. The van der Waals surface area contributed by atoms with Gasteiger partial charge >= 0.3 is 0 Å². The van der Waals surface area contributed by atoms with E-state index in [0.717, 1.165) is 39.0 Å². The van der Waals surface area contributed by atoms with Gasteiger partial charge in [-0.05, 0) is 56.0 Å². The molecule has 28 heavy (non-hydrogen) atoms. The summed E-state index contributed by atoms with van der Waals surface area (Å²) in [6.07, 6.45) is 2.04. The predicted molar refractivity (Wildman–Crippen MR) is 108 cm³/mol. The smallest absolute Gasteiger partial charge is 0.293 e. The average molecular weight is 408 g/mol. The fourth-order valence-electron chi connectivity index (χ4n) is 4.15. The van der Waals surface area contributed by atoms with Crippen LogP contribution in [0, 0.1) is 17.7 Å². The number of carbonyl (C=O) groups excluding carboxylic acids is 1. The molecule has 0 bridgehead atoms. The molecule has 1 aromatic heterocycles. The molecule has 2 aromatic rings. The van der Waals surface area contributed by atoms with Crippen molar-refractivity contribution in [2.75, 3.05) is 26.2 Å². The Balaban J connectivity index is 0.00000225. The zero-order valence-electron chi connectivity index (χ0n) is 16.3. The van der Waals surface area contributed by atoms with Crippen LogP contribution in [0.25, 0.3) is 5.69 Å². The Morgan fingerprint density at radius 1 is 1.21 bits per heavy atom. The third kappa shape index (κ3) is 4.05. The highest BCUT2D eigenvalue weighted by atomic mass is 35.5. The van der Waals surface area contributed by atoms with Crippen LogP contribution in [0.5, 0.6) is 0 Å². The van der Waals surface area contributed by atoms with E-state index in [1.165, 1.54) is 12.1 Å².